The van der Waals surface area contributed by atoms with E-state index in [1.54, 1.807) is 18.2 Å². The van der Waals surface area contributed by atoms with Crippen LogP contribution >= 0.6 is 0 Å². The van der Waals surface area contributed by atoms with Crippen LogP contribution in [-0.2, 0) is 0 Å². The van der Waals surface area contributed by atoms with Crippen LogP contribution in [0.3, 0.4) is 0 Å². The minimum Gasteiger partial charge on any atom is -0.464 e. The predicted octanol–water partition coefficient (Wildman–Crippen LogP) is 4.24. The average Bonchev–Trinajstić information content (AvgIpc) is 3.19. The molecule has 3 aromatic rings. The van der Waals surface area contributed by atoms with Crippen LogP contribution in [0.2, 0.25) is 0 Å². The summed E-state index contributed by atoms with van der Waals surface area (Å²) in [6, 6.07) is 17.3. The molecule has 2 unspecified atom stereocenters. The molecule has 1 fully saturated rings. The van der Waals surface area contributed by atoms with Crippen molar-refractivity contribution >= 4 is 16.8 Å². The Bertz CT molecular complexity index is 1010. The molecule has 4 nitrogen and oxygen atoms in total. The lowest BCUT2D eigenvalue weighted by Crippen LogP contribution is -2.32. The molecule has 0 bridgehead atoms. The number of rotatable bonds is 5. The molecule has 2 atom stereocenters. The molecular weight excluding hydrogens is 338 g/mol. The Hall–Kier alpha value is -2.72. The molecule has 0 saturated carbocycles. The van der Waals surface area contributed by atoms with E-state index in [0.29, 0.717) is 28.9 Å². The maximum absolute atomic E-state index is 12.7. The molecule has 2 aromatic carbocycles. The van der Waals surface area contributed by atoms with Gasteiger partial charge in [-0.2, -0.15) is 0 Å². The number of ketones is 1. The summed E-state index contributed by atoms with van der Waals surface area (Å²) in [5.74, 6) is 0.623. The second-order valence-electron chi connectivity index (χ2n) is 7.36. The van der Waals surface area contributed by atoms with Gasteiger partial charge in [-0.15, -0.1) is 0 Å². The second-order valence-corrected chi connectivity index (χ2v) is 7.36. The first-order valence-electron chi connectivity index (χ1n) is 9.45. The van der Waals surface area contributed by atoms with Crippen molar-refractivity contribution in [1.29, 1.82) is 0 Å². The number of likely N-dealkylation sites (tertiary alicyclic amines) is 1. The first-order chi connectivity index (χ1) is 13.1. The van der Waals surface area contributed by atoms with E-state index in [4.69, 9.17) is 4.42 Å². The van der Waals surface area contributed by atoms with Crippen LogP contribution in [0.4, 0.5) is 0 Å². The standard InChI is InChI=1S/C23H23NO3/c1-16(24-11-9-19(15-24)17-5-3-2-4-6-17)13-22(26)18-7-8-20-21(25)10-12-27-23(20)14-18/h2-8,10,12,14,16,19H,9,11,13,15H2,1H3. The van der Waals surface area contributed by atoms with Crippen molar-refractivity contribution in [3.8, 4) is 0 Å². The zero-order valence-electron chi connectivity index (χ0n) is 15.4. The largest absolute Gasteiger partial charge is 0.464 e. The highest BCUT2D eigenvalue weighted by Gasteiger charge is 2.28. The van der Waals surface area contributed by atoms with E-state index in [2.05, 4.69) is 36.1 Å². The van der Waals surface area contributed by atoms with E-state index in [9.17, 15) is 9.59 Å². The fourth-order valence-corrected chi connectivity index (χ4v) is 3.96. The molecule has 4 heteroatoms. The fourth-order valence-electron chi connectivity index (χ4n) is 3.96. The number of hydrogen-bond donors (Lipinski definition) is 0. The van der Waals surface area contributed by atoms with Crippen molar-refractivity contribution < 1.29 is 9.21 Å². The van der Waals surface area contributed by atoms with Gasteiger partial charge in [-0.3, -0.25) is 14.5 Å². The van der Waals surface area contributed by atoms with Crippen molar-refractivity contribution in [3.05, 3.63) is 82.2 Å². The Morgan fingerprint density at radius 2 is 2.00 bits per heavy atom. The van der Waals surface area contributed by atoms with Crippen LogP contribution in [0.5, 0.6) is 0 Å². The third-order valence-corrected chi connectivity index (χ3v) is 5.58. The van der Waals surface area contributed by atoms with Gasteiger partial charge in [0.1, 0.15) is 5.58 Å². The average molecular weight is 361 g/mol. The Balaban J connectivity index is 1.43. The number of Topliss-reactive ketones (excluding diaryl/α,β-unsaturated/α-hetero) is 1. The highest BCUT2D eigenvalue weighted by Crippen LogP contribution is 2.29. The van der Waals surface area contributed by atoms with Gasteiger partial charge in [-0.1, -0.05) is 36.4 Å². The van der Waals surface area contributed by atoms with Crippen molar-refractivity contribution in [2.75, 3.05) is 13.1 Å². The normalized spacial score (nSPS) is 18.6. The first-order valence-corrected chi connectivity index (χ1v) is 9.45. The number of fused-ring (bicyclic) bond motifs is 1. The Morgan fingerprint density at radius 3 is 2.81 bits per heavy atom. The van der Waals surface area contributed by atoms with Gasteiger partial charge in [0.15, 0.2) is 11.2 Å². The highest BCUT2D eigenvalue weighted by atomic mass is 16.3. The summed E-state index contributed by atoms with van der Waals surface area (Å²) in [5, 5.41) is 0.507. The molecule has 0 N–H and O–H groups in total. The van der Waals surface area contributed by atoms with Gasteiger partial charge < -0.3 is 4.42 Å². The third kappa shape index (κ3) is 3.71. The Kier molecular flexibility index (Phi) is 4.90. The summed E-state index contributed by atoms with van der Waals surface area (Å²) in [7, 11) is 0. The Morgan fingerprint density at radius 1 is 1.19 bits per heavy atom. The summed E-state index contributed by atoms with van der Waals surface area (Å²) in [6.45, 7) is 4.12. The number of hydrogen-bond acceptors (Lipinski definition) is 4. The lowest BCUT2D eigenvalue weighted by Gasteiger charge is -2.24. The van der Waals surface area contributed by atoms with E-state index in [0.717, 1.165) is 19.5 Å². The van der Waals surface area contributed by atoms with Crippen LogP contribution in [0.15, 0.2) is 70.1 Å². The molecule has 0 aliphatic carbocycles. The number of nitrogens with zero attached hydrogens (tertiary/aromatic N) is 1. The summed E-state index contributed by atoms with van der Waals surface area (Å²) in [4.78, 5) is 27.0. The van der Waals surface area contributed by atoms with Gasteiger partial charge in [0, 0.05) is 30.6 Å². The van der Waals surface area contributed by atoms with E-state index in [1.165, 1.54) is 17.9 Å². The predicted molar refractivity (Wildman–Crippen MR) is 106 cm³/mol. The van der Waals surface area contributed by atoms with Gasteiger partial charge >= 0.3 is 0 Å². The fraction of sp³-hybridized carbons (Fsp3) is 0.304. The lowest BCUT2D eigenvalue weighted by atomic mass is 9.98. The molecule has 0 radical (unpaired) electrons. The highest BCUT2D eigenvalue weighted by molar-refractivity contribution is 5.99. The van der Waals surface area contributed by atoms with E-state index >= 15 is 0 Å². The molecular formula is C23H23NO3. The van der Waals surface area contributed by atoms with Gasteiger partial charge in [0.05, 0.1) is 11.6 Å². The minimum atomic E-state index is -0.0902. The molecule has 1 aliphatic heterocycles. The minimum absolute atomic E-state index is 0.0825. The van der Waals surface area contributed by atoms with E-state index in [1.807, 2.05) is 6.07 Å². The first kappa shape index (κ1) is 17.7. The van der Waals surface area contributed by atoms with Gasteiger partial charge in [-0.05, 0) is 43.5 Å². The summed E-state index contributed by atoms with van der Waals surface area (Å²) in [6.07, 6.45) is 2.96. The van der Waals surface area contributed by atoms with Crippen LogP contribution in [-0.4, -0.2) is 29.8 Å². The maximum atomic E-state index is 12.7. The number of benzene rings is 2. The lowest BCUT2D eigenvalue weighted by molar-refractivity contribution is 0.0940. The van der Waals surface area contributed by atoms with Gasteiger partial charge in [0.25, 0.3) is 0 Å². The zero-order valence-corrected chi connectivity index (χ0v) is 15.4. The quantitative estimate of drug-likeness (QED) is 0.638. The van der Waals surface area contributed by atoms with Crippen molar-refractivity contribution in [1.82, 2.24) is 4.90 Å². The molecule has 1 saturated heterocycles. The van der Waals surface area contributed by atoms with Gasteiger partial charge in [0.2, 0.25) is 0 Å². The summed E-state index contributed by atoms with van der Waals surface area (Å²) in [5.41, 5.74) is 2.35. The molecule has 138 valence electrons. The zero-order chi connectivity index (χ0) is 18.8. The smallest absolute Gasteiger partial charge is 0.192 e. The second kappa shape index (κ2) is 7.49. The molecule has 0 spiro atoms. The van der Waals surface area contributed by atoms with Crippen LogP contribution in [0.1, 0.15) is 41.6 Å². The molecule has 2 heterocycles. The van der Waals surface area contributed by atoms with Gasteiger partial charge in [-0.25, -0.2) is 0 Å². The summed E-state index contributed by atoms with van der Waals surface area (Å²) >= 11 is 0. The molecule has 1 aliphatic rings. The van der Waals surface area contributed by atoms with Crippen molar-refractivity contribution in [2.24, 2.45) is 0 Å². The third-order valence-electron chi connectivity index (χ3n) is 5.58. The number of carbonyl (C=O) groups is 1. The maximum Gasteiger partial charge on any atom is 0.192 e. The molecule has 0 amide bonds. The number of carbonyl (C=O) groups excluding carboxylic acids is 1. The van der Waals surface area contributed by atoms with E-state index in [-0.39, 0.29) is 17.3 Å². The molecule has 27 heavy (non-hydrogen) atoms. The summed E-state index contributed by atoms with van der Waals surface area (Å²) < 4.78 is 5.39. The van der Waals surface area contributed by atoms with Crippen LogP contribution < -0.4 is 5.43 Å². The van der Waals surface area contributed by atoms with Crippen LogP contribution in [0.25, 0.3) is 11.0 Å². The van der Waals surface area contributed by atoms with E-state index < -0.39 is 0 Å². The topological polar surface area (TPSA) is 50.5 Å². The van der Waals surface area contributed by atoms with Crippen LogP contribution in [0, 0.1) is 0 Å². The molecule has 1 aromatic heterocycles. The molecule has 4 rings (SSSR count). The monoisotopic (exact) mass is 361 g/mol. The SMILES string of the molecule is CC(CC(=O)c1ccc2c(=O)ccoc2c1)N1CCC(c2ccccc2)C1. The van der Waals surface area contributed by atoms with Crippen molar-refractivity contribution in [2.45, 2.75) is 31.7 Å². The Labute approximate surface area is 158 Å². The van der Waals surface area contributed by atoms with Crippen molar-refractivity contribution in [3.63, 3.8) is 0 Å².